The molecule has 0 spiro atoms. The molecule has 28 heavy (non-hydrogen) atoms. The van der Waals surface area contributed by atoms with Crippen LogP contribution in [0.1, 0.15) is 26.8 Å². The summed E-state index contributed by atoms with van der Waals surface area (Å²) in [7, 11) is 0. The number of thiazole rings is 1. The van der Waals surface area contributed by atoms with E-state index in [0.717, 1.165) is 11.4 Å². The second-order valence-electron chi connectivity index (χ2n) is 6.11. The van der Waals surface area contributed by atoms with Gasteiger partial charge in [0, 0.05) is 5.02 Å². The Morgan fingerprint density at radius 1 is 1.25 bits per heavy atom. The summed E-state index contributed by atoms with van der Waals surface area (Å²) in [4.78, 5) is 17.6. The Hall–Kier alpha value is -2.97. The molecule has 4 aromatic rings. The van der Waals surface area contributed by atoms with Gasteiger partial charge in [-0.3, -0.25) is 4.79 Å². The summed E-state index contributed by atoms with van der Waals surface area (Å²) in [6.45, 7) is 4.04. The van der Waals surface area contributed by atoms with Gasteiger partial charge in [0.05, 0.1) is 29.9 Å². The summed E-state index contributed by atoms with van der Waals surface area (Å²) in [5.41, 5.74) is 2.98. The summed E-state index contributed by atoms with van der Waals surface area (Å²) in [6, 6.07) is 10.9. The maximum Gasteiger partial charge on any atom is 0.263 e. The molecule has 4 rings (SSSR count). The number of amides is 1. The third kappa shape index (κ3) is 3.56. The minimum atomic E-state index is -0.194. The maximum absolute atomic E-state index is 12.5. The predicted molar refractivity (Wildman–Crippen MR) is 107 cm³/mol. The van der Waals surface area contributed by atoms with Crippen molar-refractivity contribution in [2.45, 2.75) is 20.4 Å². The Kier molecular flexibility index (Phi) is 4.97. The first kappa shape index (κ1) is 18.4. The highest BCUT2D eigenvalue weighted by Gasteiger charge is 2.20. The molecule has 0 unspecified atom stereocenters. The molecule has 7 nitrogen and oxygen atoms in total. The number of hydrogen-bond acceptors (Lipinski definition) is 6. The van der Waals surface area contributed by atoms with E-state index in [0.29, 0.717) is 38.6 Å². The molecule has 0 atom stereocenters. The lowest BCUT2D eigenvalue weighted by atomic mass is 10.3. The van der Waals surface area contributed by atoms with E-state index in [1.807, 2.05) is 25.1 Å². The molecule has 1 aromatic carbocycles. The summed E-state index contributed by atoms with van der Waals surface area (Å²) in [5.74, 6) is 0.498. The maximum atomic E-state index is 12.5. The Labute approximate surface area is 170 Å². The van der Waals surface area contributed by atoms with Gasteiger partial charge in [-0.25, -0.2) is 9.67 Å². The fraction of sp³-hybridized carbons (Fsp3) is 0.158. The normalized spacial score (nSPS) is 11.0. The molecule has 0 aliphatic rings. The van der Waals surface area contributed by atoms with E-state index in [1.165, 1.54) is 11.3 Å². The monoisotopic (exact) mass is 413 g/mol. The minimum absolute atomic E-state index is 0.194. The van der Waals surface area contributed by atoms with E-state index in [1.54, 1.807) is 36.1 Å². The molecule has 142 valence electrons. The van der Waals surface area contributed by atoms with Crippen LogP contribution in [0, 0.1) is 13.8 Å². The molecule has 0 radical (unpaired) electrons. The predicted octanol–water partition coefficient (Wildman–Crippen LogP) is 4.18. The Morgan fingerprint density at radius 3 is 2.75 bits per heavy atom. The second kappa shape index (κ2) is 7.57. The van der Waals surface area contributed by atoms with Crippen molar-refractivity contribution >= 4 is 28.8 Å². The van der Waals surface area contributed by atoms with Crippen LogP contribution in [-0.2, 0) is 6.54 Å². The number of aryl methyl sites for hydroxylation is 1. The summed E-state index contributed by atoms with van der Waals surface area (Å²) >= 11 is 7.24. The van der Waals surface area contributed by atoms with Crippen molar-refractivity contribution in [3.63, 3.8) is 0 Å². The first-order chi connectivity index (χ1) is 13.5. The molecule has 0 bridgehead atoms. The number of nitrogens with one attached hydrogen (secondary N) is 1. The van der Waals surface area contributed by atoms with Gasteiger partial charge in [-0.1, -0.05) is 16.8 Å². The number of carbonyl (C=O) groups is 1. The van der Waals surface area contributed by atoms with Gasteiger partial charge in [-0.2, -0.15) is 0 Å². The SMILES string of the molecule is Cc1nc(-c2nnn(-c3ccc(Cl)cc3)c2C)sc1C(=O)NCc1ccco1. The van der Waals surface area contributed by atoms with Crippen LogP contribution >= 0.6 is 22.9 Å². The van der Waals surface area contributed by atoms with Gasteiger partial charge in [-0.15, -0.1) is 16.4 Å². The van der Waals surface area contributed by atoms with Crippen LogP contribution in [0.5, 0.6) is 0 Å². The first-order valence-electron chi connectivity index (χ1n) is 8.49. The molecule has 0 saturated heterocycles. The van der Waals surface area contributed by atoms with Gasteiger partial charge in [0.1, 0.15) is 21.3 Å². The quantitative estimate of drug-likeness (QED) is 0.530. The van der Waals surface area contributed by atoms with Gasteiger partial charge >= 0.3 is 0 Å². The zero-order valence-electron chi connectivity index (χ0n) is 15.1. The average Bonchev–Trinajstić information content (AvgIpc) is 3.41. The van der Waals surface area contributed by atoms with E-state index in [-0.39, 0.29) is 5.91 Å². The number of halogens is 1. The number of nitrogens with zero attached hydrogens (tertiary/aromatic N) is 4. The zero-order chi connectivity index (χ0) is 19.7. The lowest BCUT2D eigenvalue weighted by molar-refractivity contribution is 0.0951. The molecule has 9 heteroatoms. The number of aromatic nitrogens is 4. The van der Waals surface area contributed by atoms with E-state index in [4.69, 9.17) is 16.0 Å². The molecular weight excluding hydrogens is 398 g/mol. The summed E-state index contributed by atoms with van der Waals surface area (Å²) in [6.07, 6.45) is 1.57. The molecule has 0 fully saturated rings. The lowest BCUT2D eigenvalue weighted by Crippen LogP contribution is -2.22. The number of benzene rings is 1. The van der Waals surface area contributed by atoms with Crippen LogP contribution in [0.3, 0.4) is 0 Å². The van der Waals surface area contributed by atoms with E-state index in [2.05, 4.69) is 20.6 Å². The highest BCUT2D eigenvalue weighted by atomic mass is 35.5. The Balaban J connectivity index is 1.58. The van der Waals surface area contributed by atoms with Crippen LogP contribution < -0.4 is 5.32 Å². The molecule has 0 saturated carbocycles. The highest BCUT2D eigenvalue weighted by molar-refractivity contribution is 7.17. The first-order valence-corrected chi connectivity index (χ1v) is 9.69. The molecule has 3 aromatic heterocycles. The molecule has 1 N–H and O–H groups in total. The summed E-state index contributed by atoms with van der Waals surface area (Å²) < 4.78 is 6.96. The smallest absolute Gasteiger partial charge is 0.263 e. The third-order valence-corrected chi connectivity index (χ3v) is 5.59. The molecular formula is C19H16ClN5O2S. The van der Waals surface area contributed by atoms with Crippen molar-refractivity contribution in [2.24, 2.45) is 0 Å². The standard InChI is InChI=1S/C19H16ClN5O2S/c1-11-17(18(26)21-10-15-4-3-9-27-15)28-19(22-11)16-12(2)25(24-23-16)14-7-5-13(20)6-8-14/h3-9H,10H2,1-2H3,(H,21,26). The van der Waals surface area contributed by atoms with Crippen molar-refractivity contribution in [2.75, 3.05) is 0 Å². The van der Waals surface area contributed by atoms with E-state index < -0.39 is 0 Å². The van der Waals surface area contributed by atoms with Crippen molar-refractivity contribution in [3.8, 4) is 16.4 Å². The third-order valence-electron chi connectivity index (χ3n) is 4.17. The fourth-order valence-corrected chi connectivity index (χ4v) is 3.87. The van der Waals surface area contributed by atoms with Crippen LogP contribution in [0.4, 0.5) is 0 Å². The van der Waals surface area contributed by atoms with Crippen LogP contribution in [-0.4, -0.2) is 25.9 Å². The number of furan rings is 1. The topological polar surface area (TPSA) is 85.8 Å². The van der Waals surface area contributed by atoms with Gasteiger partial charge in [0.2, 0.25) is 0 Å². The van der Waals surface area contributed by atoms with Crippen molar-refractivity contribution in [1.29, 1.82) is 0 Å². The van der Waals surface area contributed by atoms with Crippen molar-refractivity contribution in [1.82, 2.24) is 25.3 Å². The van der Waals surface area contributed by atoms with E-state index in [9.17, 15) is 4.79 Å². The van der Waals surface area contributed by atoms with E-state index >= 15 is 0 Å². The van der Waals surface area contributed by atoms with Crippen LogP contribution in [0.2, 0.25) is 5.02 Å². The average molecular weight is 414 g/mol. The Bertz CT molecular complexity index is 1120. The molecule has 0 aliphatic heterocycles. The van der Waals surface area contributed by atoms with Crippen molar-refractivity contribution in [3.05, 3.63) is 69.7 Å². The largest absolute Gasteiger partial charge is 0.467 e. The molecule has 1 amide bonds. The van der Waals surface area contributed by atoms with Gasteiger partial charge in [0.15, 0.2) is 0 Å². The van der Waals surface area contributed by atoms with Crippen LogP contribution in [0.25, 0.3) is 16.4 Å². The van der Waals surface area contributed by atoms with Crippen molar-refractivity contribution < 1.29 is 9.21 Å². The zero-order valence-corrected chi connectivity index (χ0v) is 16.7. The van der Waals surface area contributed by atoms with Crippen LogP contribution in [0.15, 0.2) is 47.1 Å². The van der Waals surface area contributed by atoms with Gasteiger partial charge in [-0.05, 0) is 50.2 Å². The second-order valence-corrected chi connectivity index (χ2v) is 7.54. The fourth-order valence-electron chi connectivity index (χ4n) is 2.72. The number of hydrogen-bond donors (Lipinski definition) is 1. The molecule has 3 heterocycles. The number of carbonyl (C=O) groups excluding carboxylic acids is 1. The Morgan fingerprint density at radius 2 is 2.04 bits per heavy atom. The minimum Gasteiger partial charge on any atom is -0.467 e. The lowest BCUT2D eigenvalue weighted by Gasteiger charge is -2.03. The van der Waals surface area contributed by atoms with Gasteiger partial charge in [0.25, 0.3) is 5.91 Å². The summed E-state index contributed by atoms with van der Waals surface area (Å²) in [5, 5.41) is 12.6. The number of rotatable bonds is 5. The van der Waals surface area contributed by atoms with Gasteiger partial charge < -0.3 is 9.73 Å². The molecule has 0 aliphatic carbocycles. The highest BCUT2D eigenvalue weighted by Crippen LogP contribution is 2.29.